The van der Waals surface area contributed by atoms with Crippen LogP contribution >= 0.6 is 0 Å². The van der Waals surface area contributed by atoms with E-state index < -0.39 is 11.8 Å². The predicted molar refractivity (Wildman–Crippen MR) is 93.1 cm³/mol. The highest BCUT2D eigenvalue weighted by Crippen LogP contribution is 2.25. The second kappa shape index (κ2) is 6.39. The molecule has 1 heterocycles. The molecule has 0 aliphatic carbocycles. The molecule has 0 bridgehead atoms. The van der Waals surface area contributed by atoms with E-state index in [-0.39, 0.29) is 5.56 Å². The van der Waals surface area contributed by atoms with E-state index in [2.05, 4.69) is 5.10 Å². The normalized spacial score (nSPS) is 10.7. The quantitative estimate of drug-likeness (QED) is 0.316. The lowest BCUT2D eigenvalue weighted by atomic mass is 10.1. The first kappa shape index (κ1) is 16.7. The molecule has 0 aliphatic heterocycles. The molecule has 128 valence electrons. The van der Waals surface area contributed by atoms with E-state index in [1.807, 2.05) is 24.3 Å². The Morgan fingerprint density at radius 2 is 1.64 bits per heavy atom. The monoisotopic (exact) mass is 338 g/mol. The number of carbonyl (C=O) groups is 2. The highest BCUT2D eigenvalue weighted by Gasteiger charge is 2.25. The van der Waals surface area contributed by atoms with Crippen LogP contribution in [0.4, 0.5) is 0 Å². The van der Waals surface area contributed by atoms with Crippen molar-refractivity contribution in [3.05, 3.63) is 53.3 Å². The number of aryl methyl sites for hydroxylation is 2. The van der Waals surface area contributed by atoms with Gasteiger partial charge in [-0.25, -0.2) is 4.79 Å². The lowest BCUT2D eigenvalue weighted by molar-refractivity contribution is -0.129. The Labute approximate surface area is 145 Å². The van der Waals surface area contributed by atoms with Crippen LogP contribution in [-0.4, -0.2) is 28.6 Å². The molecule has 3 aromatic rings. The van der Waals surface area contributed by atoms with Gasteiger partial charge >= 0.3 is 5.97 Å². The Morgan fingerprint density at radius 3 is 2.24 bits per heavy atom. The van der Waals surface area contributed by atoms with E-state index in [1.54, 1.807) is 44.8 Å². The van der Waals surface area contributed by atoms with Gasteiger partial charge in [-0.15, -0.1) is 0 Å². The summed E-state index contributed by atoms with van der Waals surface area (Å²) in [6, 6.07) is 10.8. The molecule has 0 saturated carbocycles. The zero-order valence-electron chi connectivity index (χ0n) is 14.5. The van der Waals surface area contributed by atoms with E-state index in [1.165, 1.54) is 0 Å². The minimum absolute atomic E-state index is 0.287. The number of esters is 1. The fourth-order valence-electron chi connectivity index (χ4n) is 2.75. The summed E-state index contributed by atoms with van der Waals surface area (Å²) in [7, 11) is 3.31. The minimum Gasteiger partial charge on any atom is -0.497 e. The van der Waals surface area contributed by atoms with Crippen molar-refractivity contribution < 1.29 is 19.1 Å². The molecule has 0 spiro atoms. The zero-order valence-corrected chi connectivity index (χ0v) is 14.5. The second-order valence-electron chi connectivity index (χ2n) is 5.76. The van der Waals surface area contributed by atoms with Gasteiger partial charge in [0.05, 0.1) is 18.4 Å². The third-order valence-corrected chi connectivity index (χ3v) is 4.15. The van der Waals surface area contributed by atoms with Crippen molar-refractivity contribution in [2.24, 2.45) is 7.05 Å². The maximum absolute atomic E-state index is 12.4. The van der Waals surface area contributed by atoms with Crippen LogP contribution in [0.1, 0.15) is 21.7 Å². The largest absolute Gasteiger partial charge is 0.497 e. The van der Waals surface area contributed by atoms with Gasteiger partial charge < -0.3 is 9.47 Å². The maximum atomic E-state index is 12.4. The van der Waals surface area contributed by atoms with Crippen LogP contribution in [0.2, 0.25) is 0 Å². The van der Waals surface area contributed by atoms with Crippen LogP contribution in [0.5, 0.6) is 11.5 Å². The number of aromatic nitrogens is 2. The van der Waals surface area contributed by atoms with Crippen molar-refractivity contribution in [1.82, 2.24) is 9.78 Å². The van der Waals surface area contributed by atoms with Gasteiger partial charge in [0.25, 0.3) is 5.78 Å². The molecule has 0 atom stereocenters. The first-order chi connectivity index (χ1) is 11.9. The van der Waals surface area contributed by atoms with Crippen molar-refractivity contribution in [2.75, 3.05) is 7.11 Å². The third kappa shape index (κ3) is 3.10. The summed E-state index contributed by atoms with van der Waals surface area (Å²) in [6.45, 7) is 3.43. The van der Waals surface area contributed by atoms with Crippen molar-refractivity contribution >= 4 is 22.5 Å². The fraction of sp³-hybridized carbons (Fsp3) is 0.211. The number of ether oxygens (including phenoxy) is 2. The SMILES string of the molecule is COc1ccc2ccc(OC(=O)C(=O)c3c(C)nn(C)c3C)cc2c1. The molecule has 0 aliphatic rings. The van der Waals surface area contributed by atoms with Crippen LogP contribution in [0, 0.1) is 13.8 Å². The molecule has 1 aromatic heterocycles. The van der Waals surface area contributed by atoms with E-state index in [4.69, 9.17) is 9.47 Å². The lowest BCUT2D eigenvalue weighted by Crippen LogP contribution is -2.21. The predicted octanol–water partition coefficient (Wildman–Crippen LogP) is 2.99. The molecule has 2 aromatic carbocycles. The summed E-state index contributed by atoms with van der Waals surface area (Å²) in [5, 5.41) is 5.99. The summed E-state index contributed by atoms with van der Waals surface area (Å²) < 4.78 is 12.0. The molecule has 0 unspecified atom stereocenters. The summed E-state index contributed by atoms with van der Waals surface area (Å²) in [6.07, 6.45) is 0. The van der Waals surface area contributed by atoms with Crippen molar-refractivity contribution in [3.63, 3.8) is 0 Å². The molecule has 6 nitrogen and oxygen atoms in total. The highest BCUT2D eigenvalue weighted by molar-refractivity contribution is 6.41. The van der Waals surface area contributed by atoms with Gasteiger partial charge in [-0.3, -0.25) is 9.48 Å². The fourth-order valence-corrected chi connectivity index (χ4v) is 2.75. The first-order valence-electron chi connectivity index (χ1n) is 7.75. The van der Waals surface area contributed by atoms with Crippen LogP contribution in [0.15, 0.2) is 36.4 Å². The van der Waals surface area contributed by atoms with Crippen LogP contribution in [-0.2, 0) is 11.8 Å². The molecular formula is C19H18N2O4. The molecule has 0 radical (unpaired) electrons. The summed E-state index contributed by atoms with van der Waals surface area (Å²) in [5.41, 5.74) is 1.42. The van der Waals surface area contributed by atoms with Crippen LogP contribution in [0.25, 0.3) is 10.8 Å². The Balaban J connectivity index is 1.87. The number of benzene rings is 2. The van der Waals surface area contributed by atoms with E-state index >= 15 is 0 Å². The van der Waals surface area contributed by atoms with E-state index in [0.717, 1.165) is 10.8 Å². The van der Waals surface area contributed by atoms with Gasteiger partial charge in [-0.05, 0) is 48.9 Å². The third-order valence-electron chi connectivity index (χ3n) is 4.15. The number of fused-ring (bicyclic) bond motifs is 1. The average Bonchev–Trinajstić information content (AvgIpc) is 2.85. The second-order valence-corrected chi connectivity index (χ2v) is 5.76. The number of hydrogen-bond donors (Lipinski definition) is 0. The number of methoxy groups -OCH3 is 1. The highest BCUT2D eigenvalue weighted by atomic mass is 16.5. The number of rotatable bonds is 4. The summed E-state index contributed by atoms with van der Waals surface area (Å²) >= 11 is 0. The standard InChI is InChI=1S/C19H18N2O4/c1-11-17(12(2)21(3)20-11)18(22)19(23)25-16-8-6-13-5-7-15(24-4)9-14(13)10-16/h5-10H,1-4H3. The van der Waals surface area contributed by atoms with E-state index in [0.29, 0.717) is 22.9 Å². The number of hydrogen-bond acceptors (Lipinski definition) is 5. The van der Waals surface area contributed by atoms with Gasteiger partial charge in [0.1, 0.15) is 11.5 Å². The van der Waals surface area contributed by atoms with E-state index in [9.17, 15) is 9.59 Å². The molecule has 0 saturated heterocycles. The van der Waals surface area contributed by atoms with Crippen LogP contribution < -0.4 is 9.47 Å². The van der Waals surface area contributed by atoms with Crippen molar-refractivity contribution in [1.29, 1.82) is 0 Å². The molecule has 0 amide bonds. The molecule has 0 N–H and O–H groups in total. The Hall–Kier alpha value is -3.15. The molecular weight excluding hydrogens is 320 g/mol. The van der Waals surface area contributed by atoms with Gasteiger partial charge in [0.2, 0.25) is 0 Å². The molecule has 0 fully saturated rings. The smallest absolute Gasteiger partial charge is 0.385 e. The molecule has 25 heavy (non-hydrogen) atoms. The molecule has 6 heteroatoms. The Morgan fingerprint density at radius 1 is 1.00 bits per heavy atom. The summed E-state index contributed by atoms with van der Waals surface area (Å²) in [4.78, 5) is 24.7. The Bertz CT molecular complexity index is 988. The number of ketones is 1. The van der Waals surface area contributed by atoms with Crippen molar-refractivity contribution in [3.8, 4) is 11.5 Å². The lowest BCUT2D eigenvalue weighted by Gasteiger charge is -2.07. The van der Waals surface area contributed by atoms with Gasteiger partial charge in [0.15, 0.2) is 0 Å². The average molecular weight is 338 g/mol. The first-order valence-corrected chi connectivity index (χ1v) is 7.75. The van der Waals surface area contributed by atoms with Gasteiger partial charge in [-0.2, -0.15) is 5.10 Å². The molecule has 3 rings (SSSR count). The zero-order chi connectivity index (χ0) is 18.1. The van der Waals surface area contributed by atoms with Crippen molar-refractivity contribution in [2.45, 2.75) is 13.8 Å². The Kier molecular flexibility index (Phi) is 4.27. The number of carbonyl (C=O) groups excluding carboxylic acids is 2. The number of nitrogens with zero attached hydrogens (tertiary/aromatic N) is 2. The summed E-state index contributed by atoms with van der Waals surface area (Å²) in [5.74, 6) is -0.623. The number of Topliss-reactive ketones (excluding diaryl/α,β-unsaturated/α-hetero) is 1. The van der Waals surface area contributed by atoms with Crippen LogP contribution in [0.3, 0.4) is 0 Å². The van der Waals surface area contributed by atoms with Gasteiger partial charge in [-0.1, -0.05) is 12.1 Å². The topological polar surface area (TPSA) is 70.4 Å². The minimum atomic E-state index is -0.929. The maximum Gasteiger partial charge on any atom is 0.385 e. The van der Waals surface area contributed by atoms with Gasteiger partial charge in [0, 0.05) is 12.7 Å².